The van der Waals surface area contributed by atoms with Gasteiger partial charge in [-0.15, -0.1) is 10.2 Å². The van der Waals surface area contributed by atoms with Crippen molar-refractivity contribution in [3.8, 4) is 5.75 Å². The predicted molar refractivity (Wildman–Crippen MR) is 107 cm³/mol. The number of aromatic nitrogens is 3. The molecule has 5 heteroatoms. The summed E-state index contributed by atoms with van der Waals surface area (Å²) in [6.07, 6.45) is 0.807. The second-order valence-corrected chi connectivity index (χ2v) is 7.64. The topological polar surface area (TPSA) is 39.9 Å². The third-order valence-corrected chi connectivity index (χ3v) is 4.80. The summed E-state index contributed by atoms with van der Waals surface area (Å²) in [4.78, 5) is 0. The Kier molecular flexibility index (Phi) is 6.72. The molecule has 136 valence electrons. The van der Waals surface area contributed by atoms with Gasteiger partial charge in [-0.05, 0) is 23.6 Å². The normalized spacial score (nSPS) is 11.0. The smallest absolute Gasteiger partial charge is 0.191 e. The summed E-state index contributed by atoms with van der Waals surface area (Å²) in [5.74, 6) is 3.31. The van der Waals surface area contributed by atoms with Crippen LogP contribution in [0.2, 0.25) is 0 Å². The molecule has 0 unspecified atom stereocenters. The summed E-state index contributed by atoms with van der Waals surface area (Å²) in [6.45, 7) is 6.02. The fourth-order valence-corrected chi connectivity index (χ4v) is 3.48. The molecule has 0 radical (unpaired) electrons. The van der Waals surface area contributed by atoms with Gasteiger partial charge in [0.25, 0.3) is 0 Å². The Labute approximate surface area is 159 Å². The average Bonchev–Trinajstić information content (AvgIpc) is 3.01. The molecule has 0 fully saturated rings. The molecule has 2 aromatic carbocycles. The molecule has 3 rings (SSSR count). The fourth-order valence-electron chi connectivity index (χ4n) is 2.69. The largest absolute Gasteiger partial charge is 0.493 e. The molecule has 0 saturated heterocycles. The van der Waals surface area contributed by atoms with Gasteiger partial charge < -0.3 is 9.30 Å². The van der Waals surface area contributed by atoms with E-state index in [-0.39, 0.29) is 0 Å². The fraction of sp³-hybridized carbons (Fsp3) is 0.333. The second-order valence-electron chi connectivity index (χ2n) is 6.58. The van der Waals surface area contributed by atoms with Crippen molar-refractivity contribution in [2.45, 2.75) is 32.0 Å². The Bertz CT molecular complexity index is 788. The lowest BCUT2D eigenvalue weighted by Gasteiger charge is -2.12. The van der Waals surface area contributed by atoms with Crippen molar-refractivity contribution in [2.24, 2.45) is 5.92 Å². The maximum Gasteiger partial charge on any atom is 0.191 e. The highest BCUT2D eigenvalue weighted by molar-refractivity contribution is 7.99. The number of nitrogens with zero attached hydrogens (tertiary/aromatic N) is 3. The van der Waals surface area contributed by atoms with E-state index in [4.69, 9.17) is 4.74 Å². The van der Waals surface area contributed by atoms with Crippen molar-refractivity contribution >= 4 is 11.8 Å². The summed E-state index contributed by atoms with van der Waals surface area (Å²) in [7, 11) is 0. The van der Waals surface area contributed by atoms with Crippen LogP contribution in [-0.4, -0.2) is 27.1 Å². The summed E-state index contributed by atoms with van der Waals surface area (Å²) in [5.41, 5.74) is 1.26. The maximum atomic E-state index is 5.77. The molecule has 0 spiro atoms. The molecule has 0 aliphatic carbocycles. The molecule has 0 atom stereocenters. The summed E-state index contributed by atoms with van der Waals surface area (Å²) >= 11 is 1.70. The van der Waals surface area contributed by atoms with Crippen LogP contribution in [0.25, 0.3) is 0 Å². The summed E-state index contributed by atoms with van der Waals surface area (Å²) in [5, 5.41) is 9.86. The molecule has 3 aromatic rings. The summed E-state index contributed by atoms with van der Waals surface area (Å²) < 4.78 is 8.03. The zero-order chi connectivity index (χ0) is 18.2. The number of para-hydroxylation sites is 1. The zero-order valence-electron chi connectivity index (χ0n) is 15.3. The SMILES string of the molecule is CC(C)Cn1c(Cc2ccccc2)nnc1SCCOc1ccccc1. The van der Waals surface area contributed by atoms with E-state index in [0.717, 1.165) is 35.4 Å². The minimum absolute atomic E-state index is 0.542. The van der Waals surface area contributed by atoms with E-state index < -0.39 is 0 Å². The van der Waals surface area contributed by atoms with Crippen LogP contribution in [0, 0.1) is 5.92 Å². The molecular weight excluding hydrogens is 342 g/mol. The second kappa shape index (κ2) is 9.43. The average molecular weight is 368 g/mol. The molecule has 0 saturated carbocycles. The zero-order valence-corrected chi connectivity index (χ0v) is 16.2. The lowest BCUT2D eigenvalue weighted by Crippen LogP contribution is -2.11. The standard InChI is InChI=1S/C21H25N3OS/c1-17(2)16-24-20(15-18-9-5-3-6-10-18)22-23-21(24)26-14-13-25-19-11-7-4-8-12-19/h3-12,17H,13-16H2,1-2H3. The van der Waals surface area contributed by atoms with Crippen molar-refractivity contribution < 1.29 is 4.74 Å². The number of rotatable bonds is 9. The van der Waals surface area contributed by atoms with Crippen LogP contribution in [0.1, 0.15) is 25.2 Å². The number of benzene rings is 2. The monoisotopic (exact) mass is 367 g/mol. The third-order valence-electron chi connectivity index (χ3n) is 3.87. The van der Waals surface area contributed by atoms with Crippen LogP contribution in [0.15, 0.2) is 65.8 Å². The van der Waals surface area contributed by atoms with Gasteiger partial charge in [-0.25, -0.2) is 0 Å². The quantitative estimate of drug-likeness (QED) is 0.406. The molecule has 1 aromatic heterocycles. The van der Waals surface area contributed by atoms with Crippen molar-refractivity contribution in [2.75, 3.05) is 12.4 Å². The van der Waals surface area contributed by atoms with Gasteiger partial charge in [-0.3, -0.25) is 0 Å². The van der Waals surface area contributed by atoms with E-state index >= 15 is 0 Å². The van der Waals surface area contributed by atoms with Crippen molar-refractivity contribution in [3.63, 3.8) is 0 Å². The highest BCUT2D eigenvalue weighted by atomic mass is 32.2. The van der Waals surface area contributed by atoms with Crippen LogP contribution in [0.3, 0.4) is 0 Å². The first kappa shape index (κ1) is 18.5. The number of ether oxygens (including phenoxy) is 1. The minimum atomic E-state index is 0.542. The van der Waals surface area contributed by atoms with Crippen molar-refractivity contribution in [1.82, 2.24) is 14.8 Å². The van der Waals surface area contributed by atoms with E-state index in [1.165, 1.54) is 5.56 Å². The maximum absolute atomic E-state index is 5.77. The Balaban J connectivity index is 1.62. The molecule has 0 aliphatic rings. The predicted octanol–water partition coefficient (Wildman–Crippen LogP) is 4.70. The van der Waals surface area contributed by atoms with Gasteiger partial charge in [0.05, 0.1) is 6.61 Å². The summed E-state index contributed by atoms with van der Waals surface area (Å²) in [6, 6.07) is 20.3. The highest BCUT2D eigenvalue weighted by Gasteiger charge is 2.14. The van der Waals surface area contributed by atoms with Crippen LogP contribution < -0.4 is 4.74 Å². The molecule has 0 N–H and O–H groups in total. The van der Waals surface area contributed by atoms with Crippen LogP contribution in [0.4, 0.5) is 0 Å². The molecule has 1 heterocycles. The highest BCUT2D eigenvalue weighted by Crippen LogP contribution is 2.21. The third kappa shape index (κ3) is 5.36. The number of thioether (sulfide) groups is 1. The first-order chi connectivity index (χ1) is 12.7. The Hall–Kier alpha value is -2.27. The molecule has 0 aliphatic heterocycles. The minimum Gasteiger partial charge on any atom is -0.493 e. The van der Waals surface area contributed by atoms with E-state index in [2.05, 4.69) is 52.9 Å². The first-order valence-electron chi connectivity index (χ1n) is 8.99. The number of hydrogen-bond acceptors (Lipinski definition) is 4. The molecule has 4 nitrogen and oxygen atoms in total. The van der Waals surface area contributed by atoms with E-state index in [9.17, 15) is 0 Å². The molecule has 0 amide bonds. The van der Waals surface area contributed by atoms with Gasteiger partial charge in [0.15, 0.2) is 5.16 Å². The van der Waals surface area contributed by atoms with E-state index in [0.29, 0.717) is 12.5 Å². The molecule has 0 bridgehead atoms. The Morgan fingerprint density at radius 1 is 0.962 bits per heavy atom. The van der Waals surface area contributed by atoms with Crippen molar-refractivity contribution in [1.29, 1.82) is 0 Å². The van der Waals surface area contributed by atoms with Crippen LogP contribution in [-0.2, 0) is 13.0 Å². The van der Waals surface area contributed by atoms with Gasteiger partial charge in [0.1, 0.15) is 11.6 Å². The first-order valence-corrected chi connectivity index (χ1v) is 9.97. The lowest BCUT2D eigenvalue weighted by atomic mass is 10.1. The van der Waals surface area contributed by atoms with Gasteiger partial charge in [-0.1, -0.05) is 74.1 Å². The van der Waals surface area contributed by atoms with Gasteiger partial charge in [0, 0.05) is 18.7 Å². The Morgan fingerprint density at radius 3 is 2.35 bits per heavy atom. The molecule has 26 heavy (non-hydrogen) atoms. The molecular formula is C21H25N3OS. The van der Waals surface area contributed by atoms with Crippen molar-refractivity contribution in [3.05, 3.63) is 72.1 Å². The Morgan fingerprint density at radius 2 is 1.65 bits per heavy atom. The van der Waals surface area contributed by atoms with Gasteiger partial charge in [-0.2, -0.15) is 0 Å². The van der Waals surface area contributed by atoms with Gasteiger partial charge in [0.2, 0.25) is 0 Å². The number of hydrogen-bond donors (Lipinski definition) is 0. The van der Waals surface area contributed by atoms with E-state index in [1.54, 1.807) is 11.8 Å². The lowest BCUT2D eigenvalue weighted by molar-refractivity contribution is 0.343. The van der Waals surface area contributed by atoms with Crippen LogP contribution >= 0.6 is 11.8 Å². The van der Waals surface area contributed by atoms with Crippen LogP contribution in [0.5, 0.6) is 5.75 Å². The van der Waals surface area contributed by atoms with Gasteiger partial charge >= 0.3 is 0 Å². The van der Waals surface area contributed by atoms with E-state index in [1.807, 2.05) is 36.4 Å².